The number of amides is 1. The molecule has 6 heteroatoms. The quantitative estimate of drug-likeness (QED) is 0.775. The number of aromatic nitrogens is 1. The summed E-state index contributed by atoms with van der Waals surface area (Å²) in [6, 6.07) is 9.61. The van der Waals surface area contributed by atoms with Crippen molar-refractivity contribution in [1.82, 2.24) is 9.88 Å². The van der Waals surface area contributed by atoms with Crippen LogP contribution in [0.2, 0.25) is 0 Å². The maximum absolute atomic E-state index is 12.3. The molecular weight excluding hydrogens is 296 g/mol. The van der Waals surface area contributed by atoms with Crippen LogP contribution in [0.25, 0.3) is 0 Å². The summed E-state index contributed by atoms with van der Waals surface area (Å²) in [6.07, 6.45) is -0.173. The Morgan fingerprint density at radius 3 is 2.83 bits per heavy atom. The molecule has 0 bridgehead atoms. The van der Waals surface area contributed by atoms with E-state index in [1.165, 1.54) is 10.6 Å². The van der Waals surface area contributed by atoms with Crippen molar-refractivity contribution in [3.8, 4) is 5.75 Å². The molecule has 0 saturated heterocycles. The van der Waals surface area contributed by atoms with Crippen molar-refractivity contribution in [2.24, 2.45) is 0 Å². The number of pyridine rings is 1. The molecule has 0 spiro atoms. The number of nitrogens with zero attached hydrogens (tertiary/aromatic N) is 1. The number of hydrogen-bond donors (Lipinski definition) is 3. The number of aliphatic hydroxyl groups is 1. The fourth-order valence-corrected chi connectivity index (χ4v) is 3.03. The van der Waals surface area contributed by atoms with Crippen molar-refractivity contribution in [1.29, 1.82) is 0 Å². The van der Waals surface area contributed by atoms with Crippen LogP contribution in [0, 0.1) is 6.92 Å². The van der Waals surface area contributed by atoms with Gasteiger partial charge in [0, 0.05) is 18.2 Å². The molecule has 1 aliphatic rings. The lowest BCUT2D eigenvalue weighted by Gasteiger charge is -2.19. The first-order chi connectivity index (χ1) is 11.0. The molecule has 0 aliphatic heterocycles. The highest BCUT2D eigenvalue weighted by molar-refractivity contribution is 5.76. The van der Waals surface area contributed by atoms with Gasteiger partial charge in [-0.15, -0.1) is 0 Å². The van der Waals surface area contributed by atoms with Gasteiger partial charge in [-0.2, -0.15) is 0 Å². The van der Waals surface area contributed by atoms with Gasteiger partial charge in [0.2, 0.25) is 5.91 Å². The van der Waals surface area contributed by atoms with Crippen LogP contribution in [0.5, 0.6) is 5.75 Å². The molecule has 0 saturated carbocycles. The summed E-state index contributed by atoms with van der Waals surface area (Å²) in [6.45, 7) is 1.49. The van der Waals surface area contributed by atoms with Crippen LogP contribution >= 0.6 is 0 Å². The number of fused-ring (bicyclic) bond motifs is 1. The molecule has 1 aromatic carbocycles. The first-order valence-electron chi connectivity index (χ1n) is 7.41. The Bertz CT molecular complexity index is 812. The second-order valence-electron chi connectivity index (χ2n) is 5.79. The highest BCUT2D eigenvalue weighted by Gasteiger charge is 2.31. The normalized spacial score (nSPS) is 19.4. The van der Waals surface area contributed by atoms with E-state index in [0.29, 0.717) is 12.1 Å². The zero-order valence-electron chi connectivity index (χ0n) is 12.7. The Kier molecular flexibility index (Phi) is 3.92. The molecular formula is C17H18N2O4. The van der Waals surface area contributed by atoms with E-state index < -0.39 is 17.7 Å². The van der Waals surface area contributed by atoms with Gasteiger partial charge in [-0.3, -0.25) is 9.59 Å². The lowest BCUT2D eigenvalue weighted by molar-refractivity contribution is -0.123. The van der Waals surface area contributed by atoms with Gasteiger partial charge in [-0.1, -0.05) is 24.3 Å². The summed E-state index contributed by atoms with van der Waals surface area (Å²) in [5, 5.41) is 22.3. The minimum Gasteiger partial charge on any atom is -0.508 e. The number of hydrogen-bond acceptors (Lipinski definition) is 4. The van der Waals surface area contributed by atoms with Crippen molar-refractivity contribution in [2.75, 3.05) is 0 Å². The van der Waals surface area contributed by atoms with E-state index in [-0.39, 0.29) is 18.2 Å². The Labute approximate surface area is 133 Å². The minimum absolute atomic E-state index is 0.121. The maximum Gasteiger partial charge on any atom is 0.254 e. The van der Waals surface area contributed by atoms with Crippen LogP contribution in [0.3, 0.4) is 0 Å². The van der Waals surface area contributed by atoms with Gasteiger partial charge < -0.3 is 20.1 Å². The molecule has 1 aromatic heterocycles. The topological polar surface area (TPSA) is 91.6 Å². The molecule has 23 heavy (non-hydrogen) atoms. The molecule has 2 unspecified atom stereocenters. The lowest BCUT2D eigenvalue weighted by Crippen LogP contribution is -2.38. The zero-order valence-corrected chi connectivity index (χ0v) is 12.7. The third-order valence-electron chi connectivity index (χ3n) is 4.14. The van der Waals surface area contributed by atoms with E-state index in [4.69, 9.17) is 0 Å². The highest BCUT2D eigenvalue weighted by Crippen LogP contribution is 2.31. The molecule has 2 atom stereocenters. The maximum atomic E-state index is 12.3. The fraction of sp³-hybridized carbons (Fsp3) is 0.294. The van der Waals surface area contributed by atoms with Crippen molar-refractivity contribution in [2.45, 2.75) is 32.0 Å². The molecule has 0 fully saturated rings. The number of aliphatic hydroxyl groups excluding tert-OH is 1. The number of carbonyl (C=O) groups excluding carboxylic acids is 1. The SMILES string of the molecule is Cc1cc(O)cc(=O)n1CC(=O)NC1c2ccccc2CC1O. The second kappa shape index (κ2) is 5.89. The first-order valence-corrected chi connectivity index (χ1v) is 7.41. The molecule has 1 amide bonds. The van der Waals surface area contributed by atoms with Crippen LogP contribution in [0.15, 0.2) is 41.2 Å². The third kappa shape index (κ3) is 2.98. The number of benzene rings is 1. The molecule has 6 nitrogen and oxygen atoms in total. The third-order valence-corrected chi connectivity index (χ3v) is 4.14. The van der Waals surface area contributed by atoms with Gasteiger partial charge in [0.1, 0.15) is 12.3 Å². The number of aryl methyl sites for hydroxylation is 1. The number of nitrogens with one attached hydrogen (secondary N) is 1. The molecule has 3 N–H and O–H groups in total. The van der Waals surface area contributed by atoms with Crippen molar-refractivity contribution >= 4 is 5.91 Å². The van der Waals surface area contributed by atoms with Crippen molar-refractivity contribution in [3.05, 3.63) is 63.6 Å². The van der Waals surface area contributed by atoms with Gasteiger partial charge in [0.15, 0.2) is 0 Å². The molecule has 0 radical (unpaired) electrons. The van der Waals surface area contributed by atoms with E-state index in [0.717, 1.165) is 17.2 Å². The van der Waals surface area contributed by atoms with Crippen molar-refractivity contribution < 1.29 is 15.0 Å². The first kappa shape index (κ1) is 15.3. The lowest BCUT2D eigenvalue weighted by atomic mass is 10.1. The number of rotatable bonds is 3. The average molecular weight is 314 g/mol. The summed E-state index contributed by atoms with van der Waals surface area (Å²) in [7, 11) is 0. The van der Waals surface area contributed by atoms with Gasteiger partial charge in [-0.05, 0) is 24.1 Å². The summed E-state index contributed by atoms with van der Waals surface area (Å²) in [5.74, 6) is -0.481. The Hall–Kier alpha value is -2.60. The van der Waals surface area contributed by atoms with Crippen LogP contribution in [-0.2, 0) is 17.8 Å². The highest BCUT2D eigenvalue weighted by atomic mass is 16.3. The standard InChI is InChI=1S/C17H18N2O4/c1-10-6-12(20)8-16(23)19(10)9-15(22)18-17-13-5-3-2-4-11(13)7-14(17)21/h2-6,8,14,17,20-21H,7,9H2,1H3,(H,18,22). The molecule has 3 rings (SSSR count). The monoisotopic (exact) mass is 314 g/mol. The van der Waals surface area contributed by atoms with E-state index in [9.17, 15) is 19.8 Å². The van der Waals surface area contributed by atoms with E-state index in [1.807, 2.05) is 24.3 Å². The predicted octanol–water partition coefficient (Wildman–Crippen LogP) is 0.637. The summed E-state index contributed by atoms with van der Waals surface area (Å²) >= 11 is 0. The van der Waals surface area contributed by atoms with Crippen LogP contribution in [0.1, 0.15) is 22.9 Å². The summed E-state index contributed by atoms with van der Waals surface area (Å²) < 4.78 is 1.28. The molecule has 120 valence electrons. The van der Waals surface area contributed by atoms with Gasteiger partial charge in [0.25, 0.3) is 5.56 Å². The Morgan fingerprint density at radius 2 is 2.09 bits per heavy atom. The molecule has 1 heterocycles. The number of aromatic hydroxyl groups is 1. The molecule has 1 aliphatic carbocycles. The minimum atomic E-state index is -0.672. The van der Waals surface area contributed by atoms with Gasteiger partial charge >= 0.3 is 0 Å². The van der Waals surface area contributed by atoms with E-state index in [2.05, 4.69) is 5.32 Å². The van der Waals surface area contributed by atoms with Crippen LogP contribution < -0.4 is 10.9 Å². The molecule has 2 aromatic rings. The van der Waals surface area contributed by atoms with Gasteiger partial charge in [-0.25, -0.2) is 0 Å². The average Bonchev–Trinajstić information content (AvgIpc) is 2.79. The largest absolute Gasteiger partial charge is 0.508 e. The van der Waals surface area contributed by atoms with E-state index in [1.54, 1.807) is 6.92 Å². The van der Waals surface area contributed by atoms with E-state index >= 15 is 0 Å². The van der Waals surface area contributed by atoms with Crippen LogP contribution in [-0.4, -0.2) is 26.8 Å². The Morgan fingerprint density at radius 1 is 1.35 bits per heavy atom. The van der Waals surface area contributed by atoms with Gasteiger partial charge in [0.05, 0.1) is 12.1 Å². The zero-order chi connectivity index (χ0) is 16.6. The Balaban J connectivity index is 1.77. The smallest absolute Gasteiger partial charge is 0.254 e. The summed E-state index contributed by atoms with van der Waals surface area (Å²) in [5.41, 5.74) is 1.98. The predicted molar refractivity (Wildman–Crippen MR) is 84.1 cm³/mol. The second-order valence-corrected chi connectivity index (χ2v) is 5.79. The summed E-state index contributed by atoms with van der Waals surface area (Å²) in [4.78, 5) is 24.1. The number of carbonyl (C=O) groups is 1. The van der Waals surface area contributed by atoms with Crippen LogP contribution in [0.4, 0.5) is 0 Å². The van der Waals surface area contributed by atoms with Crippen molar-refractivity contribution in [3.63, 3.8) is 0 Å². The fourth-order valence-electron chi connectivity index (χ4n) is 3.03.